The average Bonchev–Trinajstić information content (AvgIpc) is 3.70. The van der Waals surface area contributed by atoms with Crippen LogP contribution in [-0.2, 0) is 9.53 Å². The van der Waals surface area contributed by atoms with Gasteiger partial charge in [0.1, 0.15) is 40.7 Å². The molecule has 248 valence electrons. The van der Waals surface area contributed by atoms with Crippen LogP contribution in [0.4, 0.5) is 18.0 Å². The molecule has 1 aromatic carbocycles. The molecule has 2 aliphatic heterocycles. The zero-order chi connectivity index (χ0) is 32.6. The third-order valence-corrected chi connectivity index (χ3v) is 10.2. The monoisotopic (exact) mass is 658 g/mol. The summed E-state index contributed by atoms with van der Waals surface area (Å²) in [5, 5.41) is 53.8. The highest BCUT2D eigenvalue weighted by Gasteiger charge is 2.52. The number of likely N-dealkylation sites (tertiary alicyclic amines) is 1. The number of carbonyl (C=O) groups excluding carboxylic acids is 2. The molecule has 0 unspecified atom stereocenters. The maximum Gasteiger partial charge on any atom is 0.317 e. The van der Waals surface area contributed by atoms with Crippen molar-refractivity contribution >= 4 is 23.7 Å². The number of aliphatic hydroxyl groups is 4. The largest absolute Gasteiger partial charge is 0.394 e. The van der Waals surface area contributed by atoms with E-state index in [0.717, 1.165) is 41.4 Å². The minimum Gasteiger partial charge on any atom is -0.394 e. The van der Waals surface area contributed by atoms with Crippen LogP contribution in [0.3, 0.4) is 0 Å². The van der Waals surface area contributed by atoms with Gasteiger partial charge in [-0.15, -0.1) is 16.9 Å². The smallest absolute Gasteiger partial charge is 0.317 e. The average molecular weight is 659 g/mol. The predicted octanol–water partition coefficient (Wildman–Crippen LogP) is 0.621. The highest BCUT2D eigenvalue weighted by molar-refractivity contribution is 8.01. The lowest BCUT2D eigenvalue weighted by atomic mass is 9.87. The minimum absolute atomic E-state index is 0.0710. The van der Waals surface area contributed by atoms with E-state index in [4.69, 9.17) is 4.74 Å². The highest BCUT2D eigenvalue weighted by atomic mass is 32.2. The van der Waals surface area contributed by atoms with Crippen molar-refractivity contribution in [1.29, 1.82) is 0 Å². The van der Waals surface area contributed by atoms with Crippen LogP contribution in [-0.4, -0.2) is 131 Å². The number of urea groups is 1. The molecule has 0 radical (unpaired) electrons. The molecule has 45 heavy (non-hydrogen) atoms. The number of benzene rings is 1. The maximum absolute atomic E-state index is 13.9. The van der Waals surface area contributed by atoms with Gasteiger partial charge < -0.3 is 40.3 Å². The summed E-state index contributed by atoms with van der Waals surface area (Å²) in [5.41, 5.74) is -3.11. The van der Waals surface area contributed by atoms with Crippen LogP contribution in [0.1, 0.15) is 38.6 Å². The second-order valence-electron chi connectivity index (χ2n) is 11.7. The summed E-state index contributed by atoms with van der Waals surface area (Å²) >= 11 is 0.832. The van der Waals surface area contributed by atoms with Crippen molar-refractivity contribution in [3.63, 3.8) is 0 Å². The first-order valence-electron chi connectivity index (χ1n) is 14.7. The van der Waals surface area contributed by atoms with Gasteiger partial charge in [-0.3, -0.25) is 4.79 Å². The van der Waals surface area contributed by atoms with Gasteiger partial charge in [-0.1, -0.05) is 5.21 Å². The summed E-state index contributed by atoms with van der Waals surface area (Å²) in [7, 11) is 1.57. The Morgan fingerprint density at radius 1 is 1.18 bits per heavy atom. The Balaban J connectivity index is 1.38. The predicted molar refractivity (Wildman–Crippen MR) is 154 cm³/mol. The van der Waals surface area contributed by atoms with E-state index < -0.39 is 70.6 Å². The minimum atomic E-state index is -1.65. The molecule has 0 spiro atoms. The number of thioether (sulfide) groups is 1. The summed E-state index contributed by atoms with van der Waals surface area (Å²) in [6.45, 7) is 1.78. The first-order valence-corrected chi connectivity index (χ1v) is 15.7. The van der Waals surface area contributed by atoms with Crippen molar-refractivity contribution in [2.45, 2.75) is 79.3 Å². The van der Waals surface area contributed by atoms with Crippen molar-refractivity contribution in [1.82, 2.24) is 30.1 Å². The zero-order valence-electron chi connectivity index (χ0n) is 24.7. The number of hydrogen-bond acceptors (Lipinski definition) is 10. The van der Waals surface area contributed by atoms with Crippen molar-refractivity contribution < 1.29 is 47.9 Å². The third kappa shape index (κ3) is 6.92. The molecule has 0 bridgehead atoms. The molecule has 1 aromatic heterocycles. The van der Waals surface area contributed by atoms with E-state index in [0.29, 0.717) is 6.54 Å². The van der Waals surface area contributed by atoms with Crippen LogP contribution >= 0.6 is 11.8 Å². The summed E-state index contributed by atoms with van der Waals surface area (Å²) < 4.78 is 48.1. The molecule has 17 heteroatoms. The first kappa shape index (κ1) is 33.4. The van der Waals surface area contributed by atoms with E-state index >= 15 is 0 Å². The fraction of sp³-hybridized carbons (Fsp3) is 0.643. The first-order chi connectivity index (χ1) is 21.4. The van der Waals surface area contributed by atoms with Crippen LogP contribution < -0.4 is 5.32 Å². The van der Waals surface area contributed by atoms with Crippen molar-refractivity contribution in [3.8, 4) is 11.3 Å². The van der Waals surface area contributed by atoms with E-state index in [1.165, 1.54) is 11.1 Å². The number of hydrogen-bond donors (Lipinski definition) is 5. The lowest BCUT2D eigenvalue weighted by molar-refractivity contribution is -0.179. The lowest BCUT2D eigenvalue weighted by Gasteiger charge is -2.46. The Bertz CT molecular complexity index is 1370. The molecule has 3 aliphatic rings. The van der Waals surface area contributed by atoms with Crippen molar-refractivity contribution in [3.05, 3.63) is 35.8 Å². The fourth-order valence-corrected chi connectivity index (χ4v) is 7.09. The molecule has 1 aliphatic carbocycles. The van der Waals surface area contributed by atoms with E-state index in [1.807, 2.05) is 0 Å². The maximum atomic E-state index is 13.9. The molecular formula is C28H37F3N6O7S. The summed E-state index contributed by atoms with van der Waals surface area (Å²) in [5.74, 6) is -4.98. The molecule has 3 heterocycles. The number of rotatable bonds is 9. The van der Waals surface area contributed by atoms with Crippen LogP contribution in [0.25, 0.3) is 11.3 Å². The lowest BCUT2D eigenvalue weighted by Crippen LogP contribution is -2.60. The van der Waals surface area contributed by atoms with Crippen molar-refractivity contribution in [2.75, 3.05) is 33.3 Å². The van der Waals surface area contributed by atoms with Gasteiger partial charge in [0.25, 0.3) is 0 Å². The van der Waals surface area contributed by atoms with E-state index in [-0.39, 0.29) is 49.3 Å². The summed E-state index contributed by atoms with van der Waals surface area (Å²) in [6, 6.07) is 0.0645. The number of aliphatic hydroxyl groups excluding tert-OH is 3. The number of nitrogens with zero attached hydrogens (tertiary/aromatic N) is 5. The zero-order valence-corrected chi connectivity index (χ0v) is 25.5. The van der Waals surface area contributed by atoms with Gasteiger partial charge in [0.05, 0.1) is 18.4 Å². The van der Waals surface area contributed by atoms with Crippen LogP contribution in [0, 0.1) is 17.5 Å². The Morgan fingerprint density at radius 3 is 2.40 bits per heavy atom. The highest BCUT2D eigenvalue weighted by Crippen LogP contribution is 2.42. The van der Waals surface area contributed by atoms with E-state index in [1.54, 1.807) is 18.9 Å². The number of aromatic nitrogens is 3. The van der Waals surface area contributed by atoms with Gasteiger partial charge in [-0.2, -0.15) is 0 Å². The van der Waals surface area contributed by atoms with Gasteiger partial charge in [-0.05, 0) is 44.7 Å². The van der Waals surface area contributed by atoms with Crippen LogP contribution in [0.2, 0.25) is 0 Å². The van der Waals surface area contributed by atoms with Crippen LogP contribution in [0.15, 0.2) is 18.3 Å². The van der Waals surface area contributed by atoms with E-state index in [9.17, 15) is 43.2 Å². The SMILES string of the molecule is CCN(C)C(=O)[C@@H](S[C@@H]1O[C@H](CO)[C@H](O)[C@H](n2cc(-c3cc(F)c(F)c(F)c3)nn2)[C@H]1O)C1(O)CCN(C(=O)NC2CC2)CC1. The molecule has 2 saturated heterocycles. The molecule has 3 amide bonds. The Morgan fingerprint density at radius 2 is 1.82 bits per heavy atom. The third-order valence-electron chi connectivity index (χ3n) is 8.60. The molecule has 6 atom stereocenters. The van der Waals surface area contributed by atoms with Crippen LogP contribution in [0.5, 0.6) is 0 Å². The Labute approximate surface area is 261 Å². The standard InChI is InChI=1S/C28H37F3N6O7S/c1-3-35(2)25(41)24(28(43)6-8-36(9-7-28)27(42)32-15-4-5-15)45-26-23(40)21(22(39)19(13-38)44-26)37-12-18(33-34-37)14-10-16(29)20(31)17(30)11-14/h10-12,15,19,21-24,26,38-40,43H,3-9,13H2,1-2H3,(H,32,42)/t19-,21+,22+,23-,24-,26+/m1/s1. The summed E-state index contributed by atoms with van der Waals surface area (Å²) in [6.07, 6.45) is -1.20. The van der Waals surface area contributed by atoms with E-state index in [2.05, 4.69) is 15.6 Å². The molecular weight excluding hydrogens is 621 g/mol. The second-order valence-corrected chi connectivity index (χ2v) is 12.9. The molecule has 13 nitrogen and oxygen atoms in total. The van der Waals surface area contributed by atoms with Gasteiger partial charge in [0.15, 0.2) is 17.5 Å². The number of carbonyl (C=O) groups is 2. The molecule has 2 aromatic rings. The van der Waals surface area contributed by atoms with Gasteiger partial charge in [-0.25, -0.2) is 22.6 Å². The fourth-order valence-electron chi connectivity index (χ4n) is 5.51. The molecule has 1 saturated carbocycles. The summed E-state index contributed by atoms with van der Waals surface area (Å²) in [4.78, 5) is 29.2. The van der Waals surface area contributed by atoms with Gasteiger partial charge >= 0.3 is 6.03 Å². The normalized spacial score (nSPS) is 27.2. The second kappa shape index (κ2) is 13.4. The number of ether oxygens (including phenoxy) is 1. The van der Waals surface area contributed by atoms with Gasteiger partial charge in [0.2, 0.25) is 5.91 Å². The Kier molecular flexibility index (Phi) is 9.96. The topological polar surface area (TPSA) is 174 Å². The number of halogens is 3. The molecule has 5 rings (SSSR count). The number of amides is 3. The Hall–Kier alpha value is -2.96. The molecule has 5 N–H and O–H groups in total. The quantitative estimate of drug-likeness (QED) is 0.241. The van der Waals surface area contributed by atoms with Gasteiger partial charge in [0, 0.05) is 38.3 Å². The number of piperidine rings is 1. The van der Waals surface area contributed by atoms with Crippen molar-refractivity contribution in [2.24, 2.45) is 0 Å². The molecule has 3 fully saturated rings. The number of nitrogens with one attached hydrogen (secondary N) is 1.